The minimum Gasteiger partial charge on any atom is -0.349 e. The smallest absolute Gasteiger partial charge is 0.256 e. The largest absolute Gasteiger partial charge is 0.349 e. The van der Waals surface area contributed by atoms with E-state index in [-0.39, 0.29) is 11.9 Å². The Hall–Kier alpha value is -2.69. The monoisotopic (exact) mass is 390 g/mol. The summed E-state index contributed by atoms with van der Waals surface area (Å²) in [5.41, 5.74) is 4.35. The Morgan fingerprint density at radius 2 is 1.79 bits per heavy atom. The van der Waals surface area contributed by atoms with Crippen molar-refractivity contribution in [3.8, 4) is 11.3 Å². The van der Waals surface area contributed by atoms with Gasteiger partial charge in [0.25, 0.3) is 5.91 Å². The first-order valence-corrected chi connectivity index (χ1v) is 10.5. The number of carbonyl (C=O) groups excluding carboxylic acids is 1. The first kappa shape index (κ1) is 19.6. The SMILES string of the molecule is Cc1cc(-c2ccccc2)nc2c(C(=O)NC3CCC(C(C)(C)C)CC3)cnn12. The van der Waals surface area contributed by atoms with Crippen LogP contribution in [0.1, 0.15) is 62.5 Å². The molecule has 0 spiro atoms. The first-order chi connectivity index (χ1) is 13.8. The fourth-order valence-electron chi connectivity index (χ4n) is 4.40. The maximum absolute atomic E-state index is 13.0. The second-order valence-electron chi connectivity index (χ2n) is 9.33. The van der Waals surface area contributed by atoms with E-state index in [1.165, 1.54) is 12.8 Å². The molecule has 0 bridgehead atoms. The van der Waals surface area contributed by atoms with Crippen LogP contribution in [-0.4, -0.2) is 26.5 Å². The number of hydrogen-bond donors (Lipinski definition) is 1. The quantitative estimate of drug-likeness (QED) is 0.681. The highest BCUT2D eigenvalue weighted by Gasteiger charge is 2.30. The zero-order chi connectivity index (χ0) is 20.6. The molecular weight excluding hydrogens is 360 g/mol. The minimum absolute atomic E-state index is 0.0729. The number of benzene rings is 1. The lowest BCUT2D eigenvalue weighted by molar-refractivity contribution is 0.0905. The van der Waals surface area contributed by atoms with Gasteiger partial charge < -0.3 is 5.32 Å². The molecule has 0 unspecified atom stereocenters. The average molecular weight is 391 g/mol. The molecule has 0 saturated heterocycles. The van der Waals surface area contributed by atoms with Gasteiger partial charge in [0.2, 0.25) is 0 Å². The molecule has 1 aliphatic rings. The van der Waals surface area contributed by atoms with E-state index >= 15 is 0 Å². The van der Waals surface area contributed by atoms with Crippen LogP contribution in [0.4, 0.5) is 0 Å². The number of aryl methyl sites for hydroxylation is 1. The number of aromatic nitrogens is 3. The number of amides is 1. The second kappa shape index (κ2) is 7.62. The molecule has 1 N–H and O–H groups in total. The van der Waals surface area contributed by atoms with Crippen LogP contribution >= 0.6 is 0 Å². The normalized spacial score (nSPS) is 20.0. The number of fused-ring (bicyclic) bond motifs is 1. The lowest BCUT2D eigenvalue weighted by atomic mass is 9.71. The molecule has 5 heteroatoms. The van der Waals surface area contributed by atoms with E-state index in [2.05, 4.69) is 31.2 Å². The van der Waals surface area contributed by atoms with Gasteiger partial charge in [0.15, 0.2) is 5.65 Å². The minimum atomic E-state index is -0.0729. The van der Waals surface area contributed by atoms with Crippen molar-refractivity contribution in [3.05, 3.63) is 53.9 Å². The molecule has 1 aromatic carbocycles. The standard InChI is InChI=1S/C24H30N4O/c1-16-14-21(17-8-6-5-7-9-17)27-22-20(15-25-28(16)22)23(29)26-19-12-10-18(11-13-19)24(2,3)4/h5-9,14-15,18-19H,10-13H2,1-4H3,(H,26,29). The summed E-state index contributed by atoms with van der Waals surface area (Å²) in [5, 5.41) is 7.64. The molecule has 2 heterocycles. The highest BCUT2D eigenvalue weighted by atomic mass is 16.1. The lowest BCUT2D eigenvalue weighted by Gasteiger charge is -2.37. The fourth-order valence-corrected chi connectivity index (χ4v) is 4.40. The molecule has 3 aromatic rings. The van der Waals surface area contributed by atoms with E-state index in [9.17, 15) is 4.79 Å². The first-order valence-electron chi connectivity index (χ1n) is 10.5. The third-order valence-electron chi connectivity index (χ3n) is 6.25. The Morgan fingerprint density at radius 3 is 2.45 bits per heavy atom. The van der Waals surface area contributed by atoms with Crippen molar-refractivity contribution >= 4 is 11.6 Å². The Morgan fingerprint density at radius 1 is 1.10 bits per heavy atom. The van der Waals surface area contributed by atoms with Gasteiger partial charge in [-0.3, -0.25) is 4.79 Å². The molecule has 5 nitrogen and oxygen atoms in total. The molecule has 29 heavy (non-hydrogen) atoms. The van der Waals surface area contributed by atoms with Crippen molar-refractivity contribution in [3.63, 3.8) is 0 Å². The molecular formula is C24H30N4O. The number of carbonyl (C=O) groups is 1. The molecule has 1 fully saturated rings. The zero-order valence-corrected chi connectivity index (χ0v) is 17.8. The van der Waals surface area contributed by atoms with Crippen LogP contribution in [0.2, 0.25) is 0 Å². The molecule has 4 rings (SSSR count). The van der Waals surface area contributed by atoms with Crippen molar-refractivity contribution in [2.45, 2.75) is 59.4 Å². The van der Waals surface area contributed by atoms with E-state index in [1.54, 1.807) is 10.7 Å². The summed E-state index contributed by atoms with van der Waals surface area (Å²) >= 11 is 0. The average Bonchev–Trinajstić information content (AvgIpc) is 3.13. The van der Waals surface area contributed by atoms with E-state index < -0.39 is 0 Å². The maximum Gasteiger partial charge on any atom is 0.256 e. The predicted octanol–water partition coefficient (Wildman–Crippen LogP) is 5.04. The van der Waals surface area contributed by atoms with E-state index in [0.717, 1.165) is 35.7 Å². The van der Waals surface area contributed by atoms with Gasteiger partial charge in [-0.1, -0.05) is 51.1 Å². The lowest BCUT2D eigenvalue weighted by Crippen LogP contribution is -2.39. The van der Waals surface area contributed by atoms with Gasteiger partial charge in [-0.2, -0.15) is 5.10 Å². The molecule has 0 atom stereocenters. The third-order valence-corrected chi connectivity index (χ3v) is 6.25. The van der Waals surface area contributed by atoms with E-state index in [4.69, 9.17) is 4.98 Å². The Kier molecular flexibility index (Phi) is 5.15. The highest BCUT2D eigenvalue weighted by Crippen LogP contribution is 2.37. The van der Waals surface area contributed by atoms with Gasteiger partial charge in [0.05, 0.1) is 11.9 Å². The van der Waals surface area contributed by atoms with Crippen LogP contribution in [0.25, 0.3) is 16.9 Å². The van der Waals surface area contributed by atoms with E-state index in [0.29, 0.717) is 16.6 Å². The fraction of sp³-hybridized carbons (Fsp3) is 0.458. The summed E-state index contributed by atoms with van der Waals surface area (Å²) < 4.78 is 1.75. The summed E-state index contributed by atoms with van der Waals surface area (Å²) in [6.45, 7) is 8.93. The molecule has 152 valence electrons. The topological polar surface area (TPSA) is 59.3 Å². The van der Waals surface area contributed by atoms with E-state index in [1.807, 2.05) is 43.3 Å². The predicted molar refractivity (Wildman–Crippen MR) is 116 cm³/mol. The van der Waals surface area contributed by atoms with Crippen molar-refractivity contribution in [2.24, 2.45) is 11.3 Å². The Bertz CT molecular complexity index is 1010. The Balaban J connectivity index is 1.55. The summed E-state index contributed by atoms with van der Waals surface area (Å²) in [4.78, 5) is 17.8. The molecule has 0 aliphatic heterocycles. The molecule has 0 radical (unpaired) electrons. The van der Waals surface area contributed by atoms with Gasteiger partial charge in [-0.15, -0.1) is 0 Å². The maximum atomic E-state index is 13.0. The van der Waals surface area contributed by atoms with Crippen LogP contribution in [0.3, 0.4) is 0 Å². The molecule has 1 aliphatic carbocycles. The van der Waals surface area contributed by atoms with Gasteiger partial charge in [0.1, 0.15) is 5.56 Å². The van der Waals surface area contributed by atoms with Crippen LogP contribution in [-0.2, 0) is 0 Å². The van der Waals surface area contributed by atoms with Crippen LogP contribution < -0.4 is 5.32 Å². The number of nitrogens with zero attached hydrogens (tertiary/aromatic N) is 3. The van der Waals surface area contributed by atoms with Crippen LogP contribution in [0.15, 0.2) is 42.6 Å². The third kappa shape index (κ3) is 4.04. The summed E-state index contributed by atoms with van der Waals surface area (Å²) in [5.74, 6) is 0.654. The van der Waals surface area contributed by atoms with Gasteiger partial charge >= 0.3 is 0 Å². The second-order valence-corrected chi connectivity index (χ2v) is 9.33. The number of hydrogen-bond acceptors (Lipinski definition) is 3. The Labute approximate surface area is 172 Å². The highest BCUT2D eigenvalue weighted by molar-refractivity contribution is 6.00. The van der Waals surface area contributed by atoms with Crippen molar-refractivity contribution in [1.29, 1.82) is 0 Å². The summed E-state index contributed by atoms with van der Waals surface area (Å²) in [6, 6.07) is 12.3. The summed E-state index contributed by atoms with van der Waals surface area (Å²) in [6.07, 6.45) is 6.04. The van der Waals surface area contributed by atoms with Crippen molar-refractivity contribution < 1.29 is 4.79 Å². The van der Waals surface area contributed by atoms with Gasteiger partial charge in [-0.05, 0) is 50.0 Å². The number of rotatable bonds is 3. The molecule has 1 saturated carbocycles. The van der Waals surface area contributed by atoms with Crippen LogP contribution in [0, 0.1) is 18.3 Å². The van der Waals surface area contributed by atoms with Crippen molar-refractivity contribution in [2.75, 3.05) is 0 Å². The van der Waals surface area contributed by atoms with Gasteiger partial charge in [0, 0.05) is 17.3 Å². The van der Waals surface area contributed by atoms with Crippen molar-refractivity contribution in [1.82, 2.24) is 19.9 Å². The number of nitrogens with one attached hydrogen (secondary N) is 1. The molecule has 1 amide bonds. The molecule has 2 aromatic heterocycles. The zero-order valence-electron chi connectivity index (χ0n) is 17.8. The van der Waals surface area contributed by atoms with Gasteiger partial charge in [-0.25, -0.2) is 9.50 Å². The summed E-state index contributed by atoms with van der Waals surface area (Å²) in [7, 11) is 0. The van der Waals surface area contributed by atoms with Crippen LogP contribution in [0.5, 0.6) is 0 Å².